The fraction of sp³-hybridized carbons (Fsp3) is 0.500. The van der Waals surface area contributed by atoms with Crippen molar-refractivity contribution < 1.29 is 0 Å². The SMILES string of the molecule is C[Si](C)(C)C1=NC(=S)N=C1. The van der Waals surface area contributed by atoms with Gasteiger partial charge in [0.2, 0.25) is 5.11 Å². The molecule has 1 heterocycles. The Bertz CT molecular complexity index is 224. The Morgan fingerprint density at radius 3 is 2.20 bits per heavy atom. The molecule has 0 atom stereocenters. The Kier molecular flexibility index (Phi) is 1.83. The highest BCUT2D eigenvalue weighted by Crippen LogP contribution is 2.07. The minimum Gasteiger partial charge on any atom is -0.227 e. The van der Waals surface area contributed by atoms with E-state index in [4.69, 9.17) is 12.2 Å². The summed E-state index contributed by atoms with van der Waals surface area (Å²) in [5.74, 6) is 0. The fourth-order valence-electron chi connectivity index (χ4n) is 0.638. The molecule has 1 aliphatic rings. The number of hydrogen-bond donors (Lipinski definition) is 0. The lowest BCUT2D eigenvalue weighted by molar-refractivity contribution is 1.68. The molecule has 4 heteroatoms. The summed E-state index contributed by atoms with van der Waals surface area (Å²) in [4.78, 5) is 8.07. The van der Waals surface area contributed by atoms with Crippen molar-refractivity contribution in [3.8, 4) is 0 Å². The number of aliphatic imine (C=N–C) groups is 2. The number of rotatable bonds is 1. The highest BCUT2D eigenvalue weighted by molar-refractivity contribution is 7.80. The molecule has 1 rings (SSSR count). The van der Waals surface area contributed by atoms with Gasteiger partial charge in [-0.15, -0.1) is 0 Å². The molecule has 1 aliphatic heterocycles. The van der Waals surface area contributed by atoms with Crippen LogP contribution in [0.25, 0.3) is 0 Å². The molecule has 0 N–H and O–H groups in total. The maximum absolute atomic E-state index is 4.80. The van der Waals surface area contributed by atoms with Gasteiger partial charge < -0.3 is 0 Å². The van der Waals surface area contributed by atoms with E-state index in [2.05, 4.69) is 29.6 Å². The lowest BCUT2D eigenvalue weighted by atomic mass is 10.8. The average molecular weight is 170 g/mol. The minimum absolute atomic E-state index is 0.484. The zero-order chi connectivity index (χ0) is 7.78. The number of hydrogen-bond acceptors (Lipinski definition) is 1. The third-order valence-corrected chi connectivity index (χ3v) is 3.26. The van der Waals surface area contributed by atoms with Gasteiger partial charge in [-0.2, -0.15) is 0 Å². The topological polar surface area (TPSA) is 24.7 Å². The van der Waals surface area contributed by atoms with E-state index in [0.29, 0.717) is 5.11 Å². The average Bonchev–Trinajstić information content (AvgIpc) is 2.11. The highest BCUT2D eigenvalue weighted by atomic mass is 32.1. The van der Waals surface area contributed by atoms with Crippen molar-refractivity contribution in [3.63, 3.8) is 0 Å². The zero-order valence-electron chi connectivity index (χ0n) is 6.38. The quantitative estimate of drug-likeness (QED) is 0.434. The first kappa shape index (κ1) is 7.75. The van der Waals surface area contributed by atoms with Crippen LogP contribution >= 0.6 is 12.2 Å². The Labute approximate surface area is 67.1 Å². The molecule has 0 spiro atoms. The van der Waals surface area contributed by atoms with E-state index in [0.717, 1.165) is 5.33 Å². The van der Waals surface area contributed by atoms with Crippen LogP contribution in [0.5, 0.6) is 0 Å². The molecule has 0 unspecified atom stereocenters. The summed E-state index contributed by atoms with van der Waals surface area (Å²) in [6, 6.07) is 0. The van der Waals surface area contributed by atoms with Gasteiger partial charge in [-0.3, -0.25) is 0 Å². The third kappa shape index (κ3) is 1.57. The van der Waals surface area contributed by atoms with E-state index in [1.165, 1.54) is 0 Å². The summed E-state index contributed by atoms with van der Waals surface area (Å²) >= 11 is 4.80. The van der Waals surface area contributed by atoms with E-state index in [9.17, 15) is 0 Å². The van der Waals surface area contributed by atoms with Crippen molar-refractivity contribution in [2.45, 2.75) is 19.6 Å². The normalized spacial score (nSPS) is 17.9. The first-order valence-electron chi connectivity index (χ1n) is 3.17. The van der Waals surface area contributed by atoms with Gasteiger partial charge in [0.05, 0.1) is 0 Å². The second-order valence-corrected chi connectivity index (χ2v) is 8.67. The molecule has 2 nitrogen and oxygen atoms in total. The molecule has 0 saturated carbocycles. The molecule has 54 valence electrons. The van der Waals surface area contributed by atoms with Crippen LogP contribution in [0.2, 0.25) is 19.6 Å². The molecule has 0 aromatic carbocycles. The van der Waals surface area contributed by atoms with Gasteiger partial charge in [-0.05, 0) is 12.2 Å². The molecule has 0 bridgehead atoms. The number of nitrogens with zero attached hydrogens (tertiary/aromatic N) is 2. The first-order valence-corrected chi connectivity index (χ1v) is 7.08. The van der Waals surface area contributed by atoms with E-state index in [1.54, 1.807) is 6.21 Å². The maximum Gasteiger partial charge on any atom is 0.219 e. The molecule has 0 fully saturated rings. The largest absolute Gasteiger partial charge is 0.227 e. The van der Waals surface area contributed by atoms with E-state index < -0.39 is 8.07 Å². The Balaban J connectivity index is 2.88. The van der Waals surface area contributed by atoms with Crippen molar-refractivity contribution in [2.75, 3.05) is 0 Å². The lowest BCUT2D eigenvalue weighted by Gasteiger charge is -2.11. The van der Waals surface area contributed by atoms with Gasteiger partial charge in [-0.1, -0.05) is 19.6 Å². The standard InChI is InChI=1S/C6H10N2SSi/c1-10(2,3)5-4-7-6(9)8-5/h4H,1-3H3. The van der Waals surface area contributed by atoms with Gasteiger partial charge >= 0.3 is 0 Å². The van der Waals surface area contributed by atoms with E-state index in [1.807, 2.05) is 0 Å². The van der Waals surface area contributed by atoms with Crippen LogP contribution in [0.3, 0.4) is 0 Å². The monoisotopic (exact) mass is 170 g/mol. The van der Waals surface area contributed by atoms with Crippen molar-refractivity contribution in [1.29, 1.82) is 0 Å². The molecule has 0 aliphatic carbocycles. The van der Waals surface area contributed by atoms with Gasteiger partial charge in [0.1, 0.15) is 8.07 Å². The molecule has 0 aromatic rings. The fourth-order valence-corrected chi connectivity index (χ4v) is 1.76. The Morgan fingerprint density at radius 1 is 1.40 bits per heavy atom. The second-order valence-electron chi connectivity index (χ2n) is 3.29. The van der Waals surface area contributed by atoms with Gasteiger partial charge in [0.15, 0.2) is 0 Å². The molecule has 0 radical (unpaired) electrons. The lowest BCUT2D eigenvalue weighted by Crippen LogP contribution is -2.33. The molecule has 0 aromatic heterocycles. The summed E-state index contributed by atoms with van der Waals surface area (Å²) < 4.78 is 0. The second kappa shape index (κ2) is 2.36. The Hall–Kier alpha value is -0.353. The molecule has 0 saturated heterocycles. The van der Waals surface area contributed by atoms with Crippen LogP contribution in [0, 0.1) is 0 Å². The van der Waals surface area contributed by atoms with Gasteiger partial charge in [-0.25, -0.2) is 9.98 Å². The zero-order valence-corrected chi connectivity index (χ0v) is 8.20. The predicted molar refractivity (Wildman–Crippen MR) is 51.9 cm³/mol. The summed E-state index contributed by atoms with van der Waals surface area (Å²) in [6.07, 6.45) is 1.80. The summed E-state index contributed by atoms with van der Waals surface area (Å²) in [6.45, 7) is 6.68. The first-order chi connectivity index (χ1) is 4.50. The summed E-state index contributed by atoms with van der Waals surface area (Å²) in [7, 11) is -1.25. The van der Waals surface area contributed by atoms with Crippen LogP contribution in [-0.4, -0.2) is 24.7 Å². The van der Waals surface area contributed by atoms with Crippen LogP contribution < -0.4 is 0 Å². The molecule has 0 amide bonds. The van der Waals surface area contributed by atoms with E-state index in [-0.39, 0.29) is 0 Å². The van der Waals surface area contributed by atoms with Crippen LogP contribution in [0.4, 0.5) is 0 Å². The van der Waals surface area contributed by atoms with Crippen molar-refractivity contribution in [1.82, 2.24) is 0 Å². The van der Waals surface area contributed by atoms with Crippen LogP contribution in [0.1, 0.15) is 0 Å². The van der Waals surface area contributed by atoms with Gasteiger partial charge in [0, 0.05) is 11.5 Å². The van der Waals surface area contributed by atoms with Crippen molar-refractivity contribution in [3.05, 3.63) is 0 Å². The molecule has 10 heavy (non-hydrogen) atoms. The summed E-state index contributed by atoms with van der Waals surface area (Å²) in [5.41, 5.74) is 0. The highest BCUT2D eigenvalue weighted by Gasteiger charge is 2.22. The van der Waals surface area contributed by atoms with Crippen molar-refractivity contribution in [2.24, 2.45) is 9.98 Å². The van der Waals surface area contributed by atoms with Crippen LogP contribution in [0.15, 0.2) is 9.98 Å². The van der Waals surface area contributed by atoms with E-state index >= 15 is 0 Å². The molecular weight excluding hydrogens is 160 g/mol. The Morgan fingerprint density at radius 2 is 2.00 bits per heavy atom. The van der Waals surface area contributed by atoms with Crippen molar-refractivity contribution >= 4 is 37.0 Å². The maximum atomic E-state index is 4.80. The number of thiocarbonyl (C=S) groups is 1. The minimum atomic E-state index is -1.25. The van der Waals surface area contributed by atoms with Gasteiger partial charge in [0.25, 0.3) is 0 Å². The predicted octanol–water partition coefficient (Wildman–Crippen LogP) is 1.67. The van der Waals surface area contributed by atoms with Crippen LogP contribution in [-0.2, 0) is 0 Å². The summed E-state index contributed by atoms with van der Waals surface area (Å²) in [5, 5.41) is 1.59. The molecular formula is C6H10N2SSi. The smallest absolute Gasteiger partial charge is 0.219 e. The third-order valence-electron chi connectivity index (χ3n) is 1.28.